The summed E-state index contributed by atoms with van der Waals surface area (Å²) in [5.74, 6) is 2.36. The lowest BCUT2D eigenvalue weighted by Crippen LogP contribution is -2.30. The van der Waals surface area contributed by atoms with E-state index in [1.54, 1.807) is 0 Å². The molecule has 1 N–H and O–H groups in total. The van der Waals surface area contributed by atoms with E-state index in [4.69, 9.17) is 11.6 Å². The maximum atomic E-state index is 6.23. The Morgan fingerprint density at radius 3 is 2.82 bits per heavy atom. The summed E-state index contributed by atoms with van der Waals surface area (Å²) in [5, 5.41) is 4.21. The van der Waals surface area contributed by atoms with E-state index < -0.39 is 0 Å². The summed E-state index contributed by atoms with van der Waals surface area (Å²) in [4.78, 5) is 0. The maximum absolute atomic E-state index is 6.23. The summed E-state index contributed by atoms with van der Waals surface area (Å²) in [6.45, 7) is 2.22. The number of hydrogen-bond acceptors (Lipinski definition) is 2. The first-order valence-electron chi connectivity index (χ1n) is 5.86. The van der Waals surface area contributed by atoms with Crippen molar-refractivity contribution in [3.63, 3.8) is 0 Å². The van der Waals surface area contributed by atoms with Crippen LogP contribution in [0, 0.1) is 0 Å². The molecule has 4 heteroatoms. The van der Waals surface area contributed by atoms with Crippen LogP contribution in [0.2, 0.25) is 5.02 Å². The van der Waals surface area contributed by atoms with Crippen LogP contribution in [-0.2, 0) is 6.42 Å². The van der Waals surface area contributed by atoms with E-state index >= 15 is 0 Å². The van der Waals surface area contributed by atoms with Crippen molar-refractivity contribution in [2.75, 3.05) is 18.6 Å². The lowest BCUT2D eigenvalue weighted by atomic mass is 10.1. The molecular weight excluding hydrogens is 318 g/mol. The summed E-state index contributed by atoms with van der Waals surface area (Å²) < 4.78 is 1.03. The van der Waals surface area contributed by atoms with Gasteiger partial charge in [0, 0.05) is 21.3 Å². The van der Waals surface area contributed by atoms with E-state index in [-0.39, 0.29) is 0 Å². The van der Waals surface area contributed by atoms with Crippen molar-refractivity contribution in [3.8, 4) is 0 Å². The summed E-state index contributed by atoms with van der Waals surface area (Å²) >= 11 is 11.7. The third-order valence-corrected chi connectivity index (χ3v) is 4.74. The number of halogens is 2. The molecule has 1 atom stereocenters. The molecule has 0 aromatic heterocycles. The smallest absolute Gasteiger partial charge is 0.0449 e. The van der Waals surface area contributed by atoms with Gasteiger partial charge in [0.25, 0.3) is 0 Å². The lowest BCUT2D eigenvalue weighted by molar-refractivity contribution is 0.617. The fourth-order valence-electron chi connectivity index (χ4n) is 1.57. The minimum absolute atomic E-state index is 0.491. The summed E-state index contributed by atoms with van der Waals surface area (Å²) in [6.07, 6.45) is 2.22. The van der Waals surface area contributed by atoms with Gasteiger partial charge < -0.3 is 5.32 Å². The van der Waals surface area contributed by atoms with Crippen LogP contribution in [0.25, 0.3) is 0 Å². The number of hydrogen-bond donors (Lipinski definition) is 1. The fourth-order valence-corrected chi connectivity index (χ4v) is 3.34. The molecule has 0 bridgehead atoms. The monoisotopic (exact) mass is 335 g/mol. The Morgan fingerprint density at radius 2 is 2.24 bits per heavy atom. The second-order valence-corrected chi connectivity index (χ2v) is 6.47. The minimum Gasteiger partial charge on any atom is -0.316 e. The van der Waals surface area contributed by atoms with Crippen molar-refractivity contribution in [3.05, 3.63) is 33.3 Å². The molecule has 1 aromatic rings. The largest absolute Gasteiger partial charge is 0.316 e. The molecule has 0 aliphatic rings. The second kappa shape index (κ2) is 8.41. The van der Waals surface area contributed by atoms with Crippen LogP contribution in [0.4, 0.5) is 0 Å². The number of thioether (sulfide) groups is 1. The molecule has 0 saturated heterocycles. The average Bonchev–Trinajstić information content (AvgIpc) is 2.31. The van der Waals surface area contributed by atoms with Gasteiger partial charge in [-0.2, -0.15) is 11.8 Å². The van der Waals surface area contributed by atoms with E-state index in [1.165, 1.54) is 17.7 Å². The maximum Gasteiger partial charge on any atom is 0.0449 e. The van der Waals surface area contributed by atoms with Crippen molar-refractivity contribution < 1.29 is 0 Å². The average molecular weight is 337 g/mol. The first kappa shape index (κ1) is 15.4. The molecule has 1 rings (SSSR count). The van der Waals surface area contributed by atoms with E-state index in [0.717, 1.165) is 21.7 Å². The molecule has 1 unspecified atom stereocenters. The van der Waals surface area contributed by atoms with Crippen molar-refractivity contribution in [2.45, 2.75) is 25.8 Å². The van der Waals surface area contributed by atoms with Crippen LogP contribution in [0.5, 0.6) is 0 Å². The minimum atomic E-state index is 0.491. The predicted molar refractivity (Wildman–Crippen MR) is 83.3 cm³/mol. The van der Waals surface area contributed by atoms with Gasteiger partial charge >= 0.3 is 0 Å². The SMILES string of the molecule is CCCSCC(Cc1ccc(Br)cc1Cl)NC. The Bertz CT molecular complexity index is 346. The topological polar surface area (TPSA) is 12.0 Å². The molecule has 1 nitrogen and oxygen atoms in total. The van der Waals surface area contributed by atoms with Crippen molar-refractivity contribution in [1.82, 2.24) is 5.32 Å². The van der Waals surface area contributed by atoms with Gasteiger partial charge in [0.05, 0.1) is 0 Å². The van der Waals surface area contributed by atoms with Crippen LogP contribution in [0.3, 0.4) is 0 Å². The highest BCUT2D eigenvalue weighted by molar-refractivity contribution is 9.10. The summed E-state index contributed by atoms with van der Waals surface area (Å²) in [6, 6.07) is 6.60. The van der Waals surface area contributed by atoms with Gasteiger partial charge in [0.2, 0.25) is 0 Å². The molecule has 0 fully saturated rings. The zero-order valence-electron chi connectivity index (χ0n) is 10.3. The highest BCUT2D eigenvalue weighted by Crippen LogP contribution is 2.23. The molecule has 1 aromatic carbocycles. The van der Waals surface area contributed by atoms with Crippen molar-refractivity contribution in [2.24, 2.45) is 0 Å². The summed E-state index contributed by atoms with van der Waals surface area (Å²) in [5.41, 5.74) is 1.21. The molecule has 0 aliphatic carbocycles. The zero-order valence-corrected chi connectivity index (χ0v) is 13.5. The number of nitrogens with one attached hydrogen (secondary N) is 1. The molecule has 0 radical (unpaired) electrons. The Balaban J connectivity index is 2.54. The lowest BCUT2D eigenvalue weighted by Gasteiger charge is -2.16. The molecule has 0 amide bonds. The molecule has 17 heavy (non-hydrogen) atoms. The number of benzene rings is 1. The third kappa shape index (κ3) is 5.64. The first-order valence-corrected chi connectivity index (χ1v) is 8.18. The molecule has 0 saturated carbocycles. The van der Waals surface area contributed by atoms with Crippen molar-refractivity contribution in [1.29, 1.82) is 0 Å². The summed E-state index contributed by atoms with van der Waals surface area (Å²) in [7, 11) is 2.02. The fraction of sp³-hybridized carbons (Fsp3) is 0.538. The van der Waals surface area contributed by atoms with Gasteiger partial charge in [-0.25, -0.2) is 0 Å². The quantitative estimate of drug-likeness (QED) is 0.742. The van der Waals surface area contributed by atoms with Crippen LogP contribution in [0.15, 0.2) is 22.7 Å². The number of rotatable bonds is 7. The molecular formula is C13H19BrClNS. The number of likely N-dealkylation sites (N-methyl/N-ethyl adjacent to an activating group) is 1. The Labute approximate surface area is 122 Å². The highest BCUT2D eigenvalue weighted by Gasteiger charge is 2.10. The standard InChI is InChI=1S/C13H19BrClNS/c1-3-6-17-9-12(16-2)7-10-4-5-11(14)8-13(10)15/h4-5,8,12,16H,3,6-7,9H2,1-2H3. The predicted octanol–water partition coefficient (Wildman–Crippen LogP) is 4.38. The Kier molecular flexibility index (Phi) is 7.60. The van der Waals surface area contributed by atoms with Crippen LogP contribution < -0.4 is 5.32 Å². The zero-order chi connectivity index (χ0) is 12.7. The van der Waals surface area contributed by atoms with Gasteiger partial charge in [-0.3, -0.25) is 0 Å². The molecule has 0 aliphatic heterocycles. The third-order valence-electron chi connectivity index (χ3n) is 2.56. The van der Waals surface area contributed by atoms with Crippen LogP contribution in [-0.4, -0.2) is 24.6 Å². The van der Waals surface area contributed by atoms with E-state index in [0.29, 0.717) is 6.04 Å². The first-order chi connectivity index (χ1) is 8.17. The van der Waals surface area contributed by atoms with Gasteiger partial charge in [0.1, 0.15) is 0 Å². The Morgan fingerprint density at radius 1 is 1.47 bits per heavy atom. The van der Waals surface area contributed by atoms with E-state index in [2.05, 4.69) is 34.2 Å². The van der Waals surface area contributed by atoms with Crippen molar-refractivity contribution >= 4 is 39.3 Å². The van der Waals surface area contributed by atoms with E-state index in [1.807, 2.05) is 30.9 Å². The second-order valence-electron chi connectivity index (χ2n) is 4.00. The molecule has 0 heterocycles. The van der Waals surface area contributed by atoms with Crippen LogP contribution >= 0.6 is 39.3 Å². The normalized spacial score (nSPS) is 12.7. The van der Waals surface area contributed by atoms with E-state index in [9.17, 15) is 0 Å². The van der Waals surface area contributed by atoms with Gasteiger partial charge in [-0.15, -0.1) is 0 Å². The molecule has 96 valence electrons. The van der Waals surface area contributed by atoms with Crippen LogP contribution in [0.1, 0.15) is 18.9 Å². The molecule has 0 spiro atoms. The van der Waals surface area contributed by atoms with Gasteiger partial charge in [-0.05, 0) is 43.3 Å². The van der Waals surface area contributed by atoms with Gasteiger partial charge in [-0.1, -0.05) is 40.5 Å². The highest BCUT2D eigenvalue weighted by atomic mass is 79.9. The Hall–Kier alpha value is 0.300. The van der Waals surface area contributed by atoms with Gasteiger partial charge in [0.15, 0.2) is 0 Å².